The summed E-state index contributed by atoms with van der Waals surface area (Å²) in [4.78, 5) is 21.0. The number of aryl methyl sites for hydroxylation is 1. The molecular formula is C18H14N2O2S. The molecule has 0 aliphatic heterocycles. The van der Waals surface area contributed by atoms with Crippen LogP contribution >= 0.6 is 11.8 Å². The fourth-order valence-electron chi connectivity index (χ4n) is 2.03. The average Bonchev–Trinajstić information content (AvgIpc) is 2.57. The Balaban J connectivity index is 2.01. The van der Waals surface area contributed by atoms with Gasteiger partial charge >= 0.3 is 5.97 Å². The Kier molecular flexibility index (Phi) is 4.39. The fourth-order valence-corrected chi connectivity index (χ4v) is 2.91. The van der Waals surface area contributed by atoms with Crippen molar-refractivity contribution in [3.05, 3.63) is 71.9 Å². The van der Waals surface area contributed by atoms with Gasteiger partial charge in [-0.2, -0.15) is 0 Å². The third-order valence-electron chi connectivity index (χ3n) is 3.25. The number of aromatic nitrogens is 2. The first-order chi connectivity index (χ1) is 11.1. The number of benzene rings is 2. The molecule has 0 saturated carbocycles. The van der Waals surface area contributed by atoms with Crippen molar-refractivity contribution in [2.45, 2.75) is 16.8 Å². The second-order valence-corrected chi connectivity index (χ2v) is 6.06. The van der Waals surface area contributed by atoms with Crippen molar-refractivity contribution < 1.29 is 9.90 Å². The molecule has 4 nitrogen and oxygen atoms in total. The summed E-state index contributed by atoms with van der Waals surface area (Å²) in [6.07, 6.45) is 1.37. The van der Waals surface area contributed by atoms with Gasteiger partial charge < -0.3 is 5.11 Å². The van der Waals surface area contributed by atoms with Crippen molar-refractivity contribution in [1.29, 1.82) is 0 Å². The molecule has 0 aliphatic carbocycles. The number of carbonyl (C=O) groups is 1. The molecule has 5 heteroatoms. The molecule has 2 aromatic carbocycles. The number of carboxylic acid groups (broad SMARTS) is 1. The first kappa shape index (κ1) is 15.2. The van der Waals surface area contributed by atoms with E-state index in [4.69, 9.17) is 0 Å². The summed E-state index contributed by atoms with van der Waals surface area (Å²) in [5, 5.41) is 9.80. The Morgan fingerprint density at radius 1 is 1.04 bits per heavy atom. The van der Waals surface area contributed by atoms with Crippen molar-refractivity contribution in [2.75, 3.05) is 0 Å². The lowest BCUT2D eigenvalue weighted by Crippen LogP contribution is -2.03. The SMILES string of the molecule is Cc1ccc(Sc2nc(-c3ccccc3)ncc2C(=O)O)cc1. The Hall–Kier alpha value is -2.66. The molecule has 3 aromatic rings. The Morgan fingerprint density at radius 2 is 1.74 bits per heavy atom. The molecule has 0 atom stereocenters. The van der Waals surface area contributed by atoms with Gasteiger partial charge in [0.2, 0.25) is 0 Å². The number of hydrogen-bond donors (Lipinski definition) is 1. The van der Waals surface area contributed by atoms with Crippen LogP contribution in [0.25, 0.3) is 11.4 Å². The van der Waals surface area contributed by atoms with E-state index in [9.17, 15) is 9.90 Å². The Labute approximate surface area is 138 Å². The van der Waals surface area contributed by atoms with Gasteiger partial charge in [-0.1, -0.05) is 59.8 Å². The third kappa shape index (κ3) is 3.57. The van der Waals surface area contributed by atoms with Crippen LogP contribution < -0.4 is 0 Å². The van der Waals surface area contributed by atoms with Crippen molar-refractivity contribution >= 4 is 17.7 Å². The maximum absolute atomic E-state index is 11.4. The van der Waals surface area contributed by atoms with E-state index >= 15 is 0 Å². The number of aromatic carboxylic acids is 1. The zero-order valence-electron chi connectivity index (χ0n) is 12.4. The van der Waals surface area contributed by atoms with Crippen LogP contribution in [0.4, 0.5) is 0 Å². The minimum absolute atomic E-state index is 0.107. The Bertz CT molecular complexity index is 833. The van der Waals surface area contributed by atoms with Crippen LogP contribution in [-0.4, -0.2) is 21.0 Å². The lowest BCUT2D eigenvalue weighted by molar-refractivity contribution is 0.0691. The number of hydrogen-bond acceptors (Lipinski definition) is 4. The van der Waals surface area contributed by atoms with E-state index in [2.05, 4.69) is 9.97 Å². The van der Waals surface area contributed by atoms with Crippen LogP contribution in [0, 0.1) is 6.92 Å². The third-order valence-corrected chi connectivity index (χ3v) is 4.26. The molecule has 23 heavy (non-hydrogen) atoms. The Morgan fingerprint density at radius 3 is 2.39 bits per heavy atom. The minimum Gasteiger partial charge on any atom is -0.478 e. The van der Waals surface area contributed by atoms with E-state index in [1.54, 1.807) is 0 Å². The first-order valence-electron chi connectivity index (χ1n) is 7.04. The molecule has 0 radical (unpaired) electrons. The van der Waals surface area contributed by atoms with Gasteiger partial charge in [0.15, 0.2) is 5.82 Å². The summed E-state index contributed by atoms with van der Waals surface area (Å²) < 4.78 is 0. The number of nitrogens with zero attached hydrogens (tertiary/aromatic N) is 2. The summed E-state index contributed by atoms with van der Waals surface area (Å²) in [5.41, 5.74) is 2.12. The summed E-state index contributed by atoms with van der Waals surface area (Å²) in [7, 11) is 0. The van der Waals surface area contributed by atoms with Crippen LogP contribution in [0.1, 0.15) is 15.9 Å². The molecule has 0 fully saturated rings. The molecule has 1 N–H and O–H groups in total. The molecule has 0 unspecified atom stereocenters. The molecule has 0 aliphatic rings. The van der Waals surface area contributed by atoms with E-state index < -0.39 is 5.97 Å². The highest BCUT2D eigenvalue weighted by molar-refractivity contribution is 7.99. The van der Waals surface area contributed by atoms with E-state index in [0.717, 1.165) is 16.0 Å². The molecule has 3 rings (SSSR count). The molecule has 0 saturated heterocycles. The van der Waals surface area contributed by atoms with Gasteiger partial charge in [-0.25, -0.2) is 14.8 Å². The molecular weight excluding hydrogens is 308 g/mol. The standard InChI is InChI=1S/C18H14N2O2S/c1-12-7-9-14(10-8-12)23-17-15(18(21)22)11-19-16(20-17)13-5-3-2-4-6-13/h2-11H,1H3,(H,21,22). The first-order valence-corrected chi connectivity index (χ1v) is 7.85. The summed E-state index contributed by atoms with van der Waals surface area (Å²) in [5.74, 6) is -0.510. The summed E-state index contributed by atoms with van der Waals surface area (Å²) in [6, 6.07) is 17.4. The van der Waals surface area contributed by atoms with E-state index in [0.29, 0.717) is 10.9 Å². The van der Waals surface area contributed by atoms with Crippen molar-refractivity contribution in [3.63, 3.8) is 0 Å². The number of rotatable bonds is 4. The highest BCUT2D eigenvalue weighted by atomic mass is 32.2. The predicted molar refractivity (Wildman–Crippen MR) is 89.7 cm³/mol. The fraction of sp³-hybridized carbons (Fsp3) is 0.0556. The highest BCUT2D eigenvalue weighted by Crippen LogP contribution is 2.30. The zero-order chi connectivity index (χ0) is 16.2. The average molecular weight is 322 g/mol. The monoisotopic (exact) mass is 322 g/mol. The quantitative estimate of drug-likeness (QED) is 0.726. The number of carboxylic acids is 1. The van der Waals surface area contributed by atoms with Crippen LogP contribution in [0.3, 0.4) is 0 Å². The lowest BCUT2D eigenvalue weighted by Gasteiger charge is -2.07. The van der Waals surface area contributed by atoms with Gasteiger partial charge in [0, 0.05) is 16.7 Å². The van der Waals surface area contributed by atoms with Gasteiger partial charge in [0.1, 0.15) is 10.6 Å². The smallest absolute Gasteiger partial charge is 0.340 e. The van der Waals surface area contributed by atoms with Crippen molar-refractivity contribution in [1.82, 2.24) is 9.97 Å². The normalized spacial score (nSPS) is 10.5. The van der Waals surface area contributed by atoms with E-state index in [1.165, 1.54) is 18.0 Å². The van der Waals surface area contributed by atoms with E-state index in [-0.39, 0.29) is 5.56 Å². The van der Waals surface area contributed by atoms with Gasteiger partial charge in [0.05, 0.1) is 0 Å². The second-order valence-electron chi connectivity index (χ2n) is 5.00. The lowest BCUT2D eigenvalue weighted by atomic mass is 10.2. The maximum atomic E-state index is 11.4. The molecule has 1 heterocycles. The molecule has 0 spiro atoms. The van der Waals surface area contributed by atoms with E-state index in [1.807, 2.05) is 61.5 Å². The maximum Gasteiger partial charge on any atom is 0.340 e. The molecule has 1 aromatic heterocycles. The molecule has 114 valence electrons. The van der Waals surface area contributed by atoms with Crippen LogP contribution in [0.2, 0.25) is 0 Å². The molecule has 0 bridgehead atoms. The van der Waals surface area contributed by atoms with Crippen molar-refractivity contribution in [2.24, 2.45) is 0 Å². The second kappa shape index (κ2) is 6.62. The summed E-state index contributed by atoms with van der Waals surface area (Å²) in [6.45, 7) is 2.01. The largest absolute Gasteiger partial charge is 0.478 e. The topological polar surface area (TPSA) is 63.1 Å². The summed E-state index contributed by atoms with van der Waals surface area (Å²) >= 11 is 1.33. The van der Waals surface area contributed by atoms with Crippen LogP contribution in [-0.2, 0) is 0 Å². The predicted octanol–water partition coefficient (Wildman–Crippen LogP) is 4.30. The van der Waals surface area contributed by atoms with Crippen LogP contribution in [0.5, 0.6) is 0 Å². The minimum atomic E-state index is -1.03. The van der Waals surface area contributed by atoms with Gasteiger partial charge in [-0.15, -0.1) is 0 Å². The van der Waals surface area contributed by atoms with Crippen molar-refractivity contribution in [3.8, 4) is 11.4 Å². The zero-order valence-corrected chi connectivity index (χ0v) is 13.2. The van der Waals surface area contributed by atoms with Gasteiger partial charge in [0.25, 0.3) is 0 Å². The molecule has 0 amide bonds. The van der Waals surface area contributed by atoms with Gasteiger partial charge in [-0.3, -0.25) is 0 Å². The van der Waals surface area contributed by atoms with Crippen LogP contribution in [0.15, 0.2) is 70.7 Å². The highest BCUT2D eigenvalue weighted by Gasteiger charge is 2.15. The van der Waals surface area contributed by atoms with Gasteiger partial charge in [-0.05, 0) is 19.1 Å².